The van der Waals surface area contributed by atoms with Gasteiger partial charge in [0.1, 0.15) is 11.9 Å². The van der Waals surface area contributed by atoms with Crippen LogP contribution < -0.4 is 5.43 Å². The number of rotatable bonds is 2. The summed E-state index contributed by atoms with van der Waals surface area (Å²) in [5, 5.41) is 2.31. The van der Waals surface area contributed by atoms with Crippen LogP contribution in [0.25, 0.3) is 0 Å². The highest BCUT2D eigenvalue weighted by molar-refractivity contribution is 5.65. The second kappa shape index (κ2) is 4.78. The summed E-state index contributed by atoms with van der Waals surface area (Å²) < 4.78 is 98.3. The molecule has 18 heavy (non-hydrogen) atoms. The van der Waals surface area contributed by atoms with Crippen molar-refractivity contribution in [2.45, 2.75) is 6.18 Å². The molecule has 1 aromatic rings. The van der Waals surface area contributed by atoms with Crippen LogP contribution in [-0.2, 0) is 0 Å². The highest BCUT2D eigenvalue weighted by Gasteiger charge is 2.27. The molecule has 100 valence electrons. The third kappa shape index (κ3) is 2.87. The number of benzene rings is 1. The molecule has 0 unspecified atom stereocenters. The van der Waals surface area contributed by atoms with E-state index >= 15 is 0 Å². The molecule has 1 rings (SSSR count). The molecule has 0 fully saturated rings. The molecule has 0 aliphatic heterocycles. The fourth-order valence-electron chi connectivity index (χ4n) is 0.873. The van der Waals surface area contributed by atoms with Gasteiger partial charge in [0.05, 0.1) is 0 Å². The SMILES string of the molecule is Fc1c(F)c(F)c(N/N=C/C(F)(F)F)c(F)c1F. The zero-order chi connectivity index (χ0) is 14.1. The van der Waals surface area contributed by atoms with E-state index in [0.717, 1.165) is 5.43 Å². The maximum Gasteiger partial charge on any atom is 0.428 e. The summed E-state index contributed by atoms with van der Waals surface area (Å²) in [7, 11) is 0. The van der Waals surface area contributed by atoms with Crippen molar-refractivity contribution in [1.29, 1.82) is 0 Å². The smallest absolute Gasteiger partial charge is 0.272 e. The maximum absolute atomic E-state index is 12.9. The molecule has 0 amide bonds. The molecule has 1 aromatic carbocycles. The van der Waals surface area contributed by atoms with E-state index in [1.165, 1.54) is 0 Å². The molecule has 0 aliphatic carbocycles. The minimum absolute atomic E-state index is 0.717. The van der Waals surface area contributed by atoms with Gasteiger partial charge < -0.3 is 0 Å². The molecule has 0 saturated heterocycles. The quantitative estimate of drug-likeness (QED) is 0.290. The van der Waals surface area contributed by atoms with E-state index in [0.29, 0.717) is 0 Å². The van der Waals surface area contributed by atoms with Gasteiger partial charge in [0.25, 0.3) is 0 Å². The van der Waals surface area contributed by atoms with Gasteiger partial charge in [-0.25, -0.2) is 22.0 Å². The monoisotopic (exact) mass is 278 g/mol. The zero-order valence-electron chi connectivity index (χ0n) is 8.05. The topological polar surface area (TPSA) is 24.4 Å². The molecule has 0 aliphatic rings. The molecule has 2 nitrogen and oxygen atoms in total. The second-order valence-electron chi connectivity index (χ2n) is 2.86. The van der Waals surface area contributed by atoms with E-state index in [9.17, 15) is 35.1 Å². The van der Waals surface area contributed by atoms with Crippen molar-refractivity contribution in [2.75, 3.05) is 5.43 Å². The van der Waals surface area contributed by atoms with Gasteiger partial charge in [0.15, 0.2) is 23.3 Å². The number of alkyl halides is 3. The van der Waals surface area contributed by atoms with Gasteiger partial charge >= 0.3 is 6.18 Å². The van der Waals surface area contributed by atoms with E-state index in [1.807, 2.05) is 0 Å². The predicted molar refractivity (Wildman–Crippen MR) is 44.4 cm³/mol. The molecular weight excluding hydrogens is 276 g/mol. The lowest BCUT2D eigenvalue weighted by Crippen LogP contribution is -2.12. The Balaban J connectivity index is 3.15. The standard InChI is InChI=1S/C8H2F8N2/c9-2-3(10)5(12)7(6(13)4(2)11)18-17-1-8(14,15)16/h1,18H/b17-1+. The van der Waals surface area contributed by atoms with Crippen LogP contribution in [0.15, 0.2) is 5.10 Å². The molecule has 0 bridgehead atoms. The highest BCUT2D eigenvalue weighted by atomic mass is 19.4. The van der Waals surface area contributed by atoms with Crippen LogP contribution in [0.5, 0.6) is 0 Å². The maximum atomic E-state index is 12.9. The summed E-state index contributed by atoms with van der Waals surface area (Å²) in [5.74, 6) is -11.6. The van der Waals surface area contributed by atoms with Gasteiger partial charge in [-0.1, -0.05) is 0 Å². The van der Waals surface area contributed by atoms with Crippen LogP contribution in [0.2, 0.25) is 0 Å². The van der Waals surface area contributed by atoms with Gasteiger partial charge in [-0.15, -0.1) is 0 Å². The minimum atomic E-state index is -4.91. The van der Waals surface area contributed by atoms with E-state index in [-0.39, 0.29) is 0 Å². The number of hydrogen-bond acceptors (Lipinski definition) is 2. The third-order valence-corrected chi connectivity index (χ3v) is 1.60. The van der Waals surface area contributed by atoms with Crippen molar-refractivity contribution in [1.82, 2.24) is 0 Å². The lowest BCUT2D eigenvalue weighted by atomic mass is 10.2. The van der Waals surface area contributed by atoms with Crippen LogP contribution in [0.4, 0.5) is 40.8 Å². The van der Waals surface area contributed by atoms with Gasteiger partial charge in [0, 0.05) is 0 Å². The van der Waals surface area contributed by atoms with Gasteiger partial charge in [-0.05, 0) is 0 Å². The third-order valence-electron chi connectivity index (χ3n) is 1.60. The lowest BCUT2D eigenvalue weighted by Gasteiger charge is -2.07. The molecule has 0 atom stereocenters. The van der Waals surface area contributed by atoms with Gasteiger partial charge in [-0.2, -0.15) is 18.3 Å². The van der Waals surface area contributed by atoms with Gasteiger partial charge in [0.2, 0.25) is 5.82 Å². The molecule has 0 saturated carbocycles. The molecule has 0 spiro atoms. The van der Waals surface area contributed by atoms with E-state index < -0.39 is 47.2 Å². The number of hydrazone groups is 1. The number of nitrogens with zero attached hydrogens (tertiary/aromatic N) is 1. The number of anilines is 1. The van der Waals surface area contributed by atoms with Crippen molar-refractivity contribution < 1.29 is 35.1 Å². The Morgan fingerprint density at radius 2 is 1.17 bits per heavy atom. The minimum Gasteiger partial charge on any atom is -0.272 e. The molecule has 1 N–H and O–H groups in total. The summed E-state index contributed by atoms with van der Waals surface area (Å²) in [5.41, 5.74) is -0.575. The van der Waals surface area contributed by atoms with E-state index in [1.54, 1.807) is 0 Å². The van der Waals surface area contributed by atoms with Crippen LogP contribution in [-0.4, -0.2) is 12.4 Å². The summed E-state index contributed by atoms with van der Waals surface area (Å²) in [6.07, 6.45) is -5.62. The Morgan fingerprint density at radius 1 is 0.778 bits per heavy atom. The fraction of sp³-hybridized carbons (Fsp3) is 0.125. The Morgan fingerprint density at radius 3 is 1.56 bits per heavy atom. The van der Waals surface area contributed by atoms with E-state index in [2.05, 4.69) is 5.10 Å². The first kappa shape index (κ1) is 14.2. The summed E-state index contributed by atoms with van der Waals surface area (Å²) >= 11 is 0. The first-order valence-corrected chi connectivity index (χ1v) is 4.03. The first-order valence-electron chi connectivity index (χ1n) is 4.03. The summed E-state index contributed by atoms with van der Waals surface area (Å²) in [4.78, 5) is 0. The molecule has 0 aromatic heterocycles. The summed E-state index contributed by atoms with van der Waals surface area (Å²) in [6, 6.07) is 0. The highest BCUT2D eigenvalue weighted by Crippen LogP contribution is 2.27. The average molecular weight is 278 g/mol. The Hall–Kier alpha value is -1.87. The zero-order valence-corrected chi connectivity index (χ0v) is 8.05. The molecule has 0 radical (unpaired) electrons. The number of hydrogen-bond donors (Lipinski definition) is 1. The first-order chi connectivity index (χ1) is 8.15. The van der Waals surface area contributed by atoms with Crippen molar-refractivity contribution >= 4 is 11.9 Å². The van der Waals surface area contributed by atoms with Gasteiger partial charge in [-0.3, -0.25) is 5.43 Å². The van der Waals surface area contributed by atoms with Crippen LogP contribution in [0.1, 0.15) is 0 Å². The van der Waals surface area contributed by atoms with Crippen molar-refractivity contribution in [3.63, 3.8) is 0 Å². The van der Waals surface area contributed by atoms with Crippen molar-refractivity contribution in [3.8, 4) is 0 Å². The fourth-order valence-corrected chi connectivity index (χ4v) is 0.873. The van der Waals surface area contributed by atoms with Crippen LogP contribution in [0.3, 0.4) is 0 Å². The molecular formula is C8H2F8N2. The Labute approximate surface area is 93.9 Å². The summed E-state index contributed by atoms with van der Waals surface area (Å²) in [6.45, 7) is 0. The molecule has 10 heteroatoms. The normalized spacial score (nSPS) is 12.2. The van der Waals surface area contributed by atoms with Crippen molar-refractivity contribution in [3.05, 3.63) is 29.1 Å². The van der Waals surface area contributed by atoms with E-state index in [4.69, 9.17) is 0 Å². The largest absolute Gasteiger partial charge is 0.428 e. The number of nitrogens with one attached hydrogen (secondary N) is 1. The average Bonchev–Trinajstić information content (AvgIpc) is 2.27. The Bertz CT molecular complexity index is 464. The predicted octanol–water partition coefficient (Wildman–Crippen LogP) is 3.34. The van der Waals surface area contributed by atoms with Crippen LogP contribution >= 0.6 is 0 Å². The molecule has 0 heterocycles. The van der Waals surface area contributed by atoms with Crippen LogP contribution in [0, 0.1) is 29.1 Å². The lowest BCUT2D eigenvalue weighted by molar-refractivity contribution is -0.0536. The number of halogens is 8. The second-order valence-corrected chi connectivity index (χ2v) is 2.86. The Kier molecular flexibility index (Phi) is 3.77. The van der Waals surface area contributed by atoms with Crippen molar-refractivity contribution in [2.24, 2.45) is 5.10 Å².